The Hall–Kier alpha value is -1.88. The van der Waals surface area contributed by atoms with Crippen LogP contribution in [0.3, 0.4) is 0 Å². The van der Waals surface area contributed by atoms with Crippen LogP contribution < -0.4 is 0 Å². The lowest BCUT2D eigenvalue weighted by Crippen LogP contribution is -2.24. The molecule has 2 aromatic rings. The summed E-state index contributed by atoms with van der Waals surface area (Å²) in [6.07, 6.45) is 10.4. The second-order valence-electron chi connectivity index (χ2n) is 7.18. The second kappa shape index (κ2) is 9.88. The van der Waals surface area contributed by atoms with Gasteiger partial charge in [-0.3, -0.25) is 0 Å². The van der Waals surface area contributed by atoms with Crippen molar-refractivity contribution in [2.24, 2.45) is 0 Å². The molecule has 1 aromatic heterocycles. The van der Waals surface area contributed by atoms with Gasteiger partial charge in [0.15, 0.2) is 0 Å². The molecule has 4 nitrogen and oxygen atoms in total. The molecule has 0 bridgehead atoms. The highest BCUT2D eigenvalue weighted by molar-refractivity contribution is 5.88. The lowest BCUT2D eigenvalue weighted by molar-refractivity contribution is -0.0225. The van der Waals surface area contributed by atoms with Gasteiger partial charge >= 0.3 is 0 Å². The third kappa shape index (κ3) is 5.10. The minimum absolute atomic E-state index is 0.0122. The Bertz CT molecular complexity index is 790. The molecule has 0 radical (unpaired) electrons. The first kappa shape index (κ1) is 19.9. The van der Waals surface area contributed by atoms with Crippen LogP contribution in [0.1, 0.15) is 38.3 Å². The monoisotopic (exact) mass is 369 g/mol. The van der Waals surface area contributed by atoms with Crippen molar-refractivity contribution >= 4 is 16.5 Å². The third-order valence-electron chi connectivity index (χ3n) is 5.01. The molecule has 0 spiro atoms. The number of fused-ring (bicyclic) bond motifs is 1. The van der Waals surface area contributed by atoms with Gasteiger partial charge in [0, 0.05) is 30.3 Å². The number of methoxy groups -OCH3 is 1. The number of rotatable bonds is 10. The first-order valence-electron chi connectivity index (χ1n) is 9.98. The molecule has 0 saturated heterocycles. The Morgan fingerprint density at radius 2 is 2.07 bits per heavy atom. The number of aliphatic hydroxyl groups is 1. The number of benzene rings is 1. The topological polar surface area (TPSA) is 43.6 Å². The average molecular weight is 370 g/mol. The van der Waals surface area contributed by atoms with E-state index in [0.29, 0.717) is 13.2 Å². The molecule has 0 fully saturated rings. The zero-order chi connectivity index (χ0) is 19.1. The minimum atomic E-state index is -0.574. The number of unbranched alkanes of at least 4 members (excludes halogenated alkanes) is 2. The largest absolute Gasteiger partial charge is 0.388 e. The number of aryl methyl sites for hydroxylation is 1. The summed E-state index contributed by atoms with van der Waals surface area (Å²) in [5.74, 6) is 0. The standard InChI is InChI=1S/C23H31NO3/c1-3-4-7-14-24-22-9-6-5-8-19(22)15-23(24)18-10-12-21(13-11-18)27-17-20(25)16-26-2/h5-6,8-12,15,20-21,25H,3-4,7,13-14,16-17H2,1-2H3. The number of nitrogens with zero attached hydrogens (tertiary/aromatic N) is 1. The van der Waals surface area contributed by atoms with E-state index in [1.54, 1.807) is 7.11 Å². The van der Waals surface area contributed by atoms with Crippen molar-refractivity contribution in [1.29, 1.82) is 0 Å². The lowest BCUT2D eigenvalue weighted by atomic mass is 10.0. The molecular formula is C23H31NO3. The average Bonchev–Trinajstić information content (AvgIpc) is 3.06. The van der Waals surface area contributed by atoms with Gasteiger partial charge in [0.05, 0.1) is 19.3 Å². The number of ether oxygens (including phenoxy) is 2. The smallest absolute Gasteiger partial charge is 0.101 e. The van der Waals surface area contributed by atoms with Gasteiger partial charge < -0.3 is 19.1 Å². The zero-order valence-electron chi connectivity index (χ0n) is 16.4. The van der Waals surface area contributed by atoms with Crippen molar-refractivity contribution in [2.45, 2.75) is 51.4 Å². The van der Waals surface area contributed by atoms with Crippen LogP contribution in [0.5, 0.6) is 0 Å². The Morgan fingerprint density at radius 1 is 1.22 bits per heavy atom. The van der Waals surface area contributed by atoms with Crippen LogP contribution in [0.15, 0.2) is 48.6 Å². The molecule has 1 aliphatic rings. The van der Waals surface area contributed by atoms with E-state index in [9.17, 15) is 5.11 Å². The fourth-order valence-corrected chi connectivity index (χ4v) is 3.60. The molecule has 27 heavy (non-hydrogen) atoms. The fraction of sp³-hybridized carbons (Fsp3) is 0.478. The van der Waals surface area contributed by atoms with Crippen LogP contribution in [-0.4, -0.2) is 42.2 Å². The molecule has 4 heteroatoms. The number of hydrogen-bond donors (Lipinski definition) is 1. The summed E-state index contributed by atoms with van der Waals surface area (Å²) >= 11 is 0. The summed E-state index contributed by atoms with van der Waals surface area (Å²) in [5.41, 5.74) is 3.83. The van der Waals surface area contributed by atoms with Crippen LogP contribution in [-0.2, 0) is 16.0 Å². The quantitative estimate of drug-likeness (QED) is 0.624. The zero-order valence-corrected chi connectivity index (χ0v) is 16.4. The van der Waals surface area contributed by atoms with Gasteiger partial charge in [-0.1, -0.05) is 56.2 Å². The molecule has 2 atom stereocenters. The molecule has 146 valence electrons. The van der Waals surface area contributed by atoms with Crippen molar-refractivity contribution in [3.63, 3.8) is 0 Å². The van der Waals surface area contributed by atoms with E-state index in [0.717, 1.165) is 13.0 Å². The summed E-state index contributed by atoms with van der Waals surface area (Å²) in [4.78, 5) is 0. The van der Waals surface area contributed by atoms with Crippen LogP contribution in [0, 0.1) is 0 Å². The highest BCUT2D eigenvalue weighted by Gasteiger charge is 2.16. The minimum Gasteiger partial charge on any atom is -0.388 e. The van der Waals surface area contributed by atoms with E-state index in [4.69, 9.17) is 9.47 Å². The lowest BCUT2D eigenvalue weighted by Gasteiger charge is -2.20. The molecule has 0 aliphatic heterocycles. The second-order valence-corrected chi connectivity index (χ2v) is 7.18. The van der Waals surface area contributed by atoms with Crippen molar-refractivity contribution in [3.05, 3.63) is 54.3 Å². The molecule has 1 aromatic carbocycles. The van der Waals surface area contributed by atoms with E-state index < -0.39 is 6.10 Å². The predicted octanol–water partition coefficient (Wildman–Crippen LogP) is 4.57. The molecule has 1 aliphatic carbocycles. The number of hydrogen-bond acceptors (Lipinski definition) is 3. The number of allylic oxidation sites excluding steroid dienone is 2. The Kier molecular flexibility index (Phi) is 7.27. The fourth-order valence-electron chi connectivity index (χ4n) is 3.60. The Morgan fingerprint density at radius 3 is 2.81 bits per heavy atom. The highest BCUT2D eigenvalue weighted by Crippen LogP contribution is 2.29. The van der Waals surface area contributed by atoms with Crippen LogP contribution in [0.2, 0.25) is 0 Å². The van der Waals surface area contributed by atoms with E-state index in [-0.39, 0.29) is 6.10 Å². The molecule has 2 unspecified atom stereocenters. The first-order chi connectivity index (χ1) is 13.2. The van der Waals surface area contributed by atoms with Crippen LogP contribution >= 0.6 is 0 Å². The predicted molar refractivity (Wildman–Crippen MR) is 111 cm³/mol. The SMILES string of the molecule is CCCCCn1c(C2=CCC(OCC(O)COC)C=C2)cc2ccccc21. The Balaban J connectivity index is 1.72. The van der Waals surface area contributed by atoms with Gasteiger partial charge in [0.2, 0.25) is 0 Å². The van der Waals surface area contributed by atoms with Crippen molar-refractivity contribution < 1.29 is 14.6 Å². The van der Waals surface area contributed by atoms with Gasteiger partial charge in [-0.05, 0) is 30.5 Å². The van der Waals surface area contributed by atoms with Crippen molar-refractivity contribution in [1.82, 2.24) is 4.57 Å². The van der Waals surface area contributed by atoms with Gasteiger partial charge in [-0.15, -0.1) is 0 Å². The van der Waals surface area contributed by atoms with Gasteiger partial charge in [-0.2, -0.15) is 0 Å². The third-order valence-corrected chi connectivity index (χ3v) is 5.01. The van der Waals surface area contributed by atoms with Gasteiger partial charge in [0.25, 0.3) is 0 Å². The maximum atomic E-state index is 9.74. The molecule has 0 amide bonds. The molecule has 3 rings (SSSR count). The van der Waals surface area contributed by atoms with E-state index in [2.05, 4.69) is 60.1 Å². The van der Waals surface area contributed by atoms with Crippen LogP contribution in [0.4, 0.5) is 0 Å². The van der Waals surface area contributed by atoms with Crippen LogP contribution in [0.25, 0.3) is 16.5 Å². The van der Waals surface area contributed by atoms with Gasteiger partial charge in [-0.25, -0.2) is 0 Å². The summed E-state index contributed by atoms with van der Waals surface area (Å²) in [5, 5.41) is 11.0. The van der Waals surface area contributed by atoms with Gasteiger partial charge in [0.1, 0.15) is 6.10 Å². The Labute approximate surface area is 162 Å². The summed E-state index contributed by atoms with van der Waals surface area (Å²) < 4.78 is 13.2. The first-order valence-corrected chi connectivity index (χ1v) is 9.98. The molecule has 1 heterocycles. The van der Waals surface area contributed by atoms with E-state index in [1.807, 2.05) is 0 Å². The molecule has 0 saturated carbocycles. The number of aromatic nitrogens is 1. The number of para-hydroxylation sites is 1. The summed E-state index contributed by atoms with van der Waals surface area (Å²) in [7, 11) is 1.58. The highest BCUT2D eigenvalue weighted by atomic mass is 16.5. The maximum absolute atomic E-state index is 9.74. The maximum Gasteiger partial charge on any atom is 0.101 e. The summed E-state index contributed by atoms with van der Waals surface area (Å²) in [6, 6.07) is 10.9. The van der Waals surface area contributed by atoms with E-state index >= 15 is 0 Å². The van der Waals surface area contributed by atoms with E-state index in [1.165, 1.54) is 41.4 Å². The normalized spacial score (nSPS) is 18.0. The summed E-state index contributed by atoms with van der Waals surface area (Å²) in [6.45, 7) is 3.88. The van der Waals surface area contributed by atoms with Crippen molar-refractivity contribution in [3.8, 4) is 0 Å². The molecule has 1 N–H and O–H groups in total. The molecular weight excluding hydrogens is 338 g/mol. The van der Waals surface area contributed by atoms with Crippen molar-refractivity contribution in [2.75, 3.05) is 20.3 Å². The number of aliphatic hydroxyl groups excluding tert-OH is 1.